The zero-order valence-electron chi connectivity index (χ0n) is 16.2. The minimum atomic E-state index is -0.541. The number of ether oxygens (including phenoxy) is 3. The molecule has 1 aromatic carbocycles. The Hall–Kier alpha value is -2.44. The van der Waals surface area contributed by atoms with Crippen LogP contribution in [0.3, 0.4) is 0 Å². The largest absolute Gasteiger partial charge is 0.486 e. The third kappa shape index (κ3) is 5.28. The van der Waals surface area contributed by atoms with Gasteiger partial charge >= 0.3 is 6.09 Å². The van der Waals surface area contributed by atoms with Crippen molar-refractivity contribution >= 4 is 12.0 Å². The number of benzene rings is 1. The highest BCUT2D eigenvalue weighted by Gasteiger charge is 2.31. The molecule has 27 heavy (non-hydrogen) atoms. The topological polar surface area (TPSA) is 77.1 Å². The van der Waals surface area contributed by atoms with Crippen LogP contribution in [0.1, 0.15) is 33.6 Å². The van der Waals surface area contributed by atoms with Crippen LogP contribution in [-0.2, 0) is 9.53 Å². The van der Waals surface area contributed by atoms with Crippen molar-refractivity contribution < 1.29 is 23.8 Å². The number of fused-ring (bicyclic) bond motifs is 1. The van der Waals surface area contributed by atoms with Gasteiger partial charge in [0.05, 0.1) is 12.5 Å². The maximum atomic E-state index is 12.6. The normalized spacial score (nSPS) is 22.1. The highest BCUT2D eigenvalue weighted by Crippen LogP contribution is 2.30. The van der Waals surface area contributed by atoms with Crippen molar-refractivity contribution in [2.24, 2.45) is 5.92 Å². The molecule has 7 heteroatoms. The first-order valence-electron chi connectivity index (χ1n) is 9.46. The first-order valence-corrected chi connectivity index (χ1v) is 9.46. The Labute approximate surface area is 160 Å². The molecule has 2 aliphatic heterocycles. The molecule has 0 unspecified atom stereocenters. The van der Waals surface area contributed by atoms with Gasteiger partial charge in [0.1, 0.15) is 18.3 Å². The fraction of sp³-hybridized carbons (Fsp3) is 0.600. The lowest BCUT2D eigenvalue weighted by Crippen LogP contribution is -2.49. The predicted octanol–water partition coefficient (Wildman–Crippen LogP) is 2.59. The van der Waals surface area contributed by atoms with Crippen LogP contribution in [0, 0.1) is 5.92 Å². The Balaban J connectivity index is 1.47. The molecular weight excluding hydrogens is 348 g/mol. The number of rotatable bonds is 3. The van der Waals surface area contributed by atoms with E-state index in [0.29, 0.717) is 32.0 Å². The standard InChI is InChI=1S/C20H28N2O5/c1-20(2,3)27-19(24)22-10-6-7-14(12-22)18(23)21-11-15-13-25-16-8-4-5-9-17(16)26-15/h4-5,8-9,14-15H,6-7,10-13H2,1-3H3,(H,21,23)/t14-,15+/m0/s1. The number of hydrogen-bond acceptors (Lipinski definition) is 5. The molecule has 0 spiro atoms. The van der Waals surface area contributed by atoms with Crippen LogP contribution in [0.25, 0.3) is 0 Å². The highest BCUT2D eigenvalue weighted by atomic mass is 16.6. The highest BCUT2D eigenvalue weighted by molar-refractivity contribution is 5.80. The fourth-order valence-electron chi connectivity index (χ4n) is 3.21. The molecule has 2 atom stereocenters. The van der Waals surface area contributed by atoms with Crippen LogP contribution >= 0.6 is 0 Å². The van der Waals surface area contributed by atoms with E-state index in [9.17, 15) is 9.59 Å². The van der Waals surface area contributed by atoms with Gasteiger partial charge in [0.2, 0.25) is 5.91 Å². The minimum absolute atomic E-state index is 0.0642. The van der Waals surface area contributed by atoms with Gasteiger partial charge in [-0.05, 0) is 45.7 Å². The average Bonchev–Trinajstić information content (AvgIpc) is 2.64. The molecule has 2 heterocycles. The molecule has 2 aliphatic rings. The van der Waals surface area contributed by atoms with Gasteiger partial charge in [0.15, 0.2) is 11.5 Å². The van der Waals surface area contributed by atoms with Crippen molar-refractivity contribution in [1.82, 2.24) is 10.2 Å². The van der Waals surface area contributed by atoms with Crippen LogP contribution < -0.4 is 14.8 Å². The Morgan fingerprint density at radius 2 is 2.00 bits per heavy atom. The summed E-state index contributed by atoms with van der Waals surface area (Å²) in [6.45, 7) is 7.28. The van der Waals surface area contributed by atoms with Crippen molar-refractivity contribution in [2.75, 3.05) is 26.2 Å². The molecule has 148 valence electrons. The van der Waals surface area contributed by atoms with Crippen LogP contribution in [-0.4, -0.2) is 54.8 Å². The summed E-state index contributed by atoms with van der Waals surface area (Å²) in [5.74, 6) is 1.12. The summed E-state index contributed by atoms with van der Waals surface area (Å²) in [6, 6.07) is 7.49. The van der Waals surface area contributed by atoms with Crippen LogP contribution in [0.2, 0.25) is 0 Å². The Morgan fingerprint density at radius 1 is 1.26 bits per heavy atom. The fourth-order valence-corrected chi connectivity index (χ4v) is 3.21. The minimum Gasteiger partial charge on any atom is -0.486 e. The number of piperidine rings is 1. The van der Waals surface area contributed by atoms with Crippen molar-refractivity contribution in [1.29, 1.82) is 0 Å². The SMILES string of the molecule is CC(C)(C)OC(=O)N1CCC[C@H](C(=O)NC[C@@H]2COc3ccccc3O2)C1. The first-order chi connectivity index (χ1) is 12.8. The molecule has 7 nitrogen and oxygen atoms in total. The number of carbonyl (C=O) groups is 2. The number of para-hydroxylation sites is 2. The molecule has 0 radical (unpaired) electrons. The van der Waals surface area contributed by atoms with Gasteiger partial charge in [0.25, 0.3) is 0 Å². The van der Waals surface area contributed by atoms with Crippen LogP contribution in [0.5, 0.6) is 11.5 Å². The lowest BCUT2D eigenvalue weighted by molar-refractivity contribution is -0.127. The van der Waals surface area contributed by atoms with E-state index >= 15 is 0 Å². The van der Waals surface area contributed by atoms with Crippen LogP contribution in [0.15, 0.2) is 24.3 Å². The third-order valence-electron chi connectivity index (χ3n) is 4.52. The van der Waals surface area contributed by atoms with Gasteiger partial charge in [-0.15, -0.1) is 0 Å². The number of likely N-dealkylation sites (tertiary alicyclic amines) is 1. The quantitative estimate of drug-likeness (QED) is 0.877. The smallest absolute Gasteiger partial charge is 0.410 e. The number of nitrogens with zero attached hydrogens (tertiary/aromatic N) is 1. The summed E-state index contributed by atoms with van der Waals surface area (Å²) in [4.78, 5) is 26.4. The molecule has 1 fully saturated rings. The predicted molar refractivity (Wildman–Crippen MR) is 99.9 cm³/mol. The Kier molecular flexibility index (Phi) is 5.77. The summed E-state index contributed by atoms with van der Waals surface area (Å²) in [7, 11) is 0. The van der Waals surface area contributed by atoms with Crippen molar-refractivity contribution in [2.45, 2.75) is 45.3 Å². The second-order valence-corrected chi connectivity index (χ2v) is 8.01. The molecule has 1 N–H and O–H groups in total. The van der Waals surface area contributed by atoms with E-state index in [1.54, 1.807) is 4.90 Å². The maximum Gasteiger partial charge on any atom is 0.410 e. The van der Waals surface area contributed by atoms with E-state index in [-0.39, 0.29) is 24.0 Å². The summed E-state index contributed by atoms with van der Waals surface area (Å²) in [5, 5.41) is 2.94. The average molecular weight is 376 g/mol. The zero-order valence-corrected chi connectivity index (χ0v) is 16.2. The van der Waals surface area contributed by atoms with Crippen molar-refractivity contribution in [3.63, 3.8) is 0 Å². The second-order valence-electron chi connectivity index (χ2n) is 8.01. The Bertz CT molecular complexity index is 685. The van der Waals surface area contributed by atoms with Crippen molar-refractivity contribution in [3.8, 4) is 11.5 Å². The van der Waals surface area contributed by atoms with Gasteiger partial charge in [-0.25, -0.2) is 4.79 Å². The second kappa shape index (κ2) is 8.06. The van der Waals surface area contributed by atoms with Crippen molar-refractivity contribution in [3.05, 3.63) is 24.3 Å². The van der Waals surface area contributed by atoms with Gasteiger partial charge in [0, 0.05) is 13.1 Å². The molecule has 0 saturated carbocycles. The lowest BCUT2D eigenvalue weighted by Gasteiger charge is -2.34. The van der Waals surface area contributed by atoms with E-state index in [0.717, 1.165) is 18.6 Å². The van der Waals surface area contributed by atoms with E-state index in [4.69, 9.17) is 14.2 Å². The van der Waals surface area contributed by atoms with E-state index in [1.807, 2.05) is 45.0 Å². The molecule has 0 aromatic heterocycles. The third-order valence-corrected chi connectivity index (χ3v) is 4.52. The molecule has 1 aromatic rings. The van der Waals surface area contributed by atoms with E-state index in [1.165, 1.54) is 0 Å². The molecule has 0 bridgehead atoms. The monoisotopic (exact) mass is 376 g/mol. The Morgan fingerprint density at radius 3 is 2.74 bits per heavy atom. The van der Waals surface area contributed by atoms with Crippen LogP contribution in [0.4, 0.5) is 4.79 Å². The number of amides is 2. The molecule has 2 amide bonds. The zero-order chi connectivity index (χ0) is 19.4. The molecule has 1 saturated heterocycles. The molecule has 3 rings (SSSR count). The number of nitrogens with one attached hydrogen (secondary N) is 1. The lowest BCUT2D eigenvalue weighted by atomic mass is 9.97. The van der Waals surface area contributed by atoms with E-state index < -0.39 is 5.60 Å². The summed E-state index contributed by atoms with van der Waals surface area (Å²) >= 11 is 0. The van der Waals surface area contributed by atoms with Gasteiger partial charge in [-0.3, -0.25) is 4.79 Å². The van der Waals surface area contributed by atoms with Gasteiger partial charge in [-0.2, -0.15) is 0 Å². The molecule has 0 aliphatic carbocycles. The van der Waals surface area contributed by atoms with E-state index in [2.05, 4.69) is 5.32 Å². The van der Waals surface area contributed by atoms with Gasteiger partial charge in [-0.1, -0.05) is 12.1 Å². The maximum absolute atomic E-state index is 12.6. The molecular formula is C20H28N2O5. The summed E-state index contributed by atoms with van der Waals surface area (Å²) < 4.78 is 16.9. The first kappa shape index (κ1) is 19.3. The number of carbonyl (C=O) groups excluding carboxylic acids is 2. The number of hydrogen-bond donors (Lipinski definition) is 1. The van der Waals surface area contributed by atoms with Gasteiger partial charge < -0.3 is 24.4 Å². The summed E-state index contributed by atoms with van der Waals surface area (Å²) in [5.41, 5.74) is -0.541. The summed E-state index contributed by atoms with van der Waals surface area (Å²) in [6.07, 6.45) is 0.957.